The third kappa shape index (κ3) is 3.29. The molecule has 4 heteroatoms. The first-order valence-electron chi connectivity index (χ1n) is 4.34. The Kier molecular flexibility index (Phi) is 4.22. The number of hydrogen-bond acceptors (Lipinski definition) is 4. The van der Waals surface area contributed by atoms with Crippen molar-refractivity contribution in [3.8, 4) is 0 Å². The van der Waals surface area contributed by atoms with Gasteiger partial charge in [-0.3, -0.25) is 0 Å². The first kappa shape index (κ1) is 11.0. The predicted molar refractivity (Wildman–Crippen MR) is 61.8 cm³/mol. The number of nitrogens with zero attached hydrogens (tertiary/aromatic N) is 2. The van der Waals surface area contributed by atoms with Crippen LogP contribution in [-0.2, 0) is 12.2 Å². The van der Waals surface area contributed by atoms with Crippen molar-refractivity contribution in [2.24, 2.45) is 0 Å². The highest BCUT2D eigenvalue weighted by Gasteiger charge is 2.05. The zero-order valence-corrected chi connectivity index (χ0v) is 10.1. The van der Waals surface area contributed by atoms with Crippen LogP contribution in [0.15, 0.2) is 0 Å². The number of rotatable bonds is 4. The Hall–Kier alpha value is -0.0600. The second-order valence-corrected chi connectivity index (χ2v) is 4.81. The Balaban J connectivity index is 2.57. The number of thiazole rings is 1. The minimum Gasteiger partial charge on any atom is -0.309 e. The average molecular weight is 216 g/mol. The summed E-state index contributed by atoms with van der Waals surface area (Å²) in [5.74, 6) is 0.811. The van der Waals surface area contributed by atoms with Gasteiger partial charge < -0.3 is 4.90 Å². The zero-order chi connectivity index (χ0) is 9.84. The van der Waals surface area contributed by atoms with E-state index in [0.717, 1.165) is 24.4 Å². The van der Waals surface area contributed by atoms with E-state index in [1.165, 1.54) is 9.88 Å². The van der Waals surface area contributed by atoms with E-state index in [1.807, 2.05) is 0 Å². The first-order chi connectivity index (χ1) is 6.13. The van der Waals surface area contributed by atoms with Crippen LogP contribution in [0.25, 0.3) is 0 Å². The van der Waals surface area contributed by atoms with E-state index in [4.69, 9.17) is 0 Å². The van der Waals surface area contributed by atoms with Crippen LogP contribution in [0.4, 0.5) is 0 Å². The number of thiol groups is 1. The second kappa shape index (κ2) is 4.98. The Morgan fingerprint density at radius 1 is 1.46 bits per heavy atom. The van der Waals surface area contributed by atoms with Crippen molar-refractivity contribution < 1.29 is 0 Å². The van der Waals surface area contributed by atoms with Gasteiger partial charge in [0.1, 0.15) is 0 Å². The molecular formula is C9H16N2S2. The molecule has 0 radical (unpaired) electrons. The highest BCUT2D eigenvalue weighted by molar-refractivity contribution is 7.79. The van der Waals surface area contributed by atoms with Crippen LogP contribution in [0.3, 0.4) is 0 Å². The van der Waals surface area contributed by atoms with Gasteiger partial charge in [-0.1, -0.05) is 0 Å². The lowest BCUT2D eigenvalue weighted by Crippen LogP contribution is -2.14. The van der Waals surface area contributed by atoms with Gasteiger partial charge in [-0.2, -0.15) is 12.6 Å². The SMILES string of the molecule is Cc1nc(CCN(C)C)sc1CS. The van der Waals surface area contributed by atoms with Gasteiger partial charge in [-0.25, -0.2) is 4.98 Å². The Bertz CT molecular complexity index is 269. The van der Waals surface area contributed by atoms with Gasteiger partial charge in [-0.15, -0.1) is 11.3 Å². The fourth-order valence-electron chi connectivity index (χ4n) is 1.06. The summed E-state index contributed by atoms with van der Waals surface area (Å²) in [7, 11) is 4.17. The maximum atomic E-state index is 4.50. The summed E-state index contributed by atoms with van der Waals surface area (Å²) in [5.41, 5.74) is 1.15. The first-order valence-corrected chi connectivity index (χ1v) is 5.79. The molecule has 0 fully saturated rings. The standard InChI is InChI=1S/C9H16N2S2/c1-7-8(6-12)13-9(10-7)4-5-11(2)3/h12H,4-6H2,1-3H3. The normalized spacial score (nSPS) is 11.2. The van der Waals surface area contributed by atoms with E-state index in [0.29, 0.717) is 0 Å². The highest BCUT2D eigenvalue weighted by atomic mass is 32.1. The monoisotopic (exact) mass is 216 g/mol. The molecule has 0 aromatic carbocycles. The molecule has 0 amide bonds. The molecule has 13 heavy (non-hydrogen) atoms. The van der Waals surface area contributed by atoms with Crippen LogP contribution in [0.1, 0.15) is 15.6 Å². The predicted octanol–water partition coefficient (Wildman–Crippen LogP) is 1.99. The molecule has 0 saturated heterocycles. The quantitative estimate of drug-likeness (QED) is 0.775. The molecule has 0 N–H and O–H groups in total. The molecule has 1 aromatic rings. The molecule has 0 saturated carbocycles. The summed E-state index contributed by atoms with van der Waals surface area (Å²) < 4.78 is 0. The molecule has 0 bridgehead atoms. The van der Waals surface area contributed by atoms with Crippen LogP contribution in [-0.4, -0.2) is 30.5 Å². The lowest BCUT2D eigenvalue weighted by Gasteiger charge is -2.06. The minimum atomic E-state index is 0.811. The van der Waals surface area contributed by atoms with E-state index in [-0.39, 0.29) is 0 Å². The van der Waals surface area contributed by atoms with E-state index >= 15 is 0 Å². The maximum absolute atomic E-state index is 4.50. The summed E-state index contributed by atoms with van der Waals surface area (Å²) in [6.45, 7) is 3.13. The number of aryl methyl sites for hydroxylation is 1. The fourth-order valence-corrected chi connectivity index (χ4v) is 2.40. The number of likely N-dealkylation sites (N-methyl/N-ethyl adjacent to an activating group) is 1. The molecule has 0 aliphatic rings. The van der Waals surface area contributed by atoms with Gasteiger partial charge in [-0.05, 0) is 21.0 Å². The van der Waals surface area contributed by atoms with Gasteiger partial charge >= 0.3 is 0 Å². The van der Waals surface area contributed by atoms with Crippen molar-refractivity contribution in [3.63, 3.8) is 0 Å². The van der Waals surface area contributed by atoms with Crippen molar-refractivity contribution in [2.75, 3.05) is 20.6 Å². The summed E-state index contributed by atoms with van der Waals surface area (Å²) >= 11 is 6.05. The molecule has 2 nitrogen and oxygen atoms in total. The summed E-state index contributed by atoms with van der Waals surface area (Å²) in [4.78, 5) is 7.98. The van der Waals surface area contributed by atoms with Crippen molar-refractivity contribution in [3.05, 3.63) is 15.6 Å². The van der Waals surface area contributed by atoms with E-state index in [1.54, 1.807) is 11.3 Å². The molecule has 74 valence electrons. The average Bonchev–Trinajstić information content (AvgIpc) is 2.43. The number of hydrogen-bond donors (Lipinski definition) is 1. The molecule has 0 spiro atoms. The van der Waals surface area contributed by atoms with Crippen molar-refractivity contribution in [1.82, 2.24) is 9.88 Å². The third-order valence-electron chi connectivity index (χ3n) is 1.85. The summed E-state index contributed by atoms with van der Waals surface area (Å²) in [6, 6.07) is 0. The van der Waals surface area contributed by atoms with Crippen LogP contribution >= 0.6 is 24.0 Å². The molecule has 0 aliphatic carbocycles. The Labute approximate surface area is 89.4 Å². The van der Waals surface area contributed by atoms with Gasteiger partial charge in [0.15, 0.2) is 0 Å². The molecule has 0 atom stereocenters. The van der Waals surface area contributed by atoms with Gasteiger partial charge in [0, 0.05) is 23.6 Å². The molecule has 1 rings (SSSR count). The van der Waals surface area contributed by atoms with Crippen LogP contribution in [0, 0.1) is 6.92 Å². The van der Waals surface area contributed by atoms with Crippen molar-refractivity contribution in [1.29, 1.82) is 0 Å². The smallest absolute Gasteiger partial charge is 0.0944 e. The van der Waals surface area contributed by atoms with Crippen LogP contribution in [0.2, 0.25) is 0 Å². The number of aromatic nitrogens is 1. The topological polar surface area (TPSA) is 16.1 Å². The highest BCUT2D eigenvalue weighted by Crippen LogP contribution is 2.19. The largest absolute Gasteiger partial charge is 0.309 e. The van der Waals surface area contributed by atoms with E-state index in [9.17, 15) is 0 Å². The molecular weight excluding hydrogens is 200 g/mol. The lowest BCUT2D eigenvalue weighted by molar-refractivity contribution is 0.413. The van der Waals surface area contributed by atoms with E-state index in [2.05, 4.69) is 43.5 Å². The molecule has 0 aliphatic heterocycles. The van der Waals surface area contributed by atoms with Crippen molar-refractivity contribution >= 4 is 24.0 Å². The maximum Gasteiger partial charge on any atom is 0.0944 e. The molecule has 1 heterocycles. The van der Waals surface area contributed by atoms with Gasteiger partial charge in [0.05, 0.1) is 10.7 Å². The van der Waals surface area contributed by atoms with Crippen LogP contribution < -0.4 is 0 Å². The van der Waals surface area contributed by atoms with Gasteiger partial charge in [0.25, 0.3) is 0 Å². The lowest BCUT2D eigenvalue weighted by atomic mass is 10.4. The fraction of sp³-hybridized carbons (Fsp3) is 0.667. The summed E-state index contributed by atoms with van der Waals surface area (Å²) in [6.07, 6.45) is 1.05. The summed E-state index contributed by atoms with van der Waals surface area (Å²) in [5, 5.41) is 1.23. The Morgan fingerprint density at radius 3 is 2.62 bits per heavy atom. The molecule has 1 aromatic heterocycles. The third-order valence-corrected chi connectivity index (χ3v) is 3.60. The zero-order valence-electron chi connectivity index (χ0n) is 8.37. The molecule has 0 unspecified atom stereocenters. The van der Waals surface area contributed by atoms with Crippen LogP contribution in [0.5, 0.6) is 0 Å². The second-order valence-electron chi connectivity index (χ2n) is 3.33. The minimum absolute atomic E-state index is 0.811. The van der Waals surface area contributed by atoms with E-state index < -0.39 is 0 Å². The Morgan fingerprint density at radius 2 is 2.15 bits per heavy atom. The van der Waals surface area contributed by atoms with Gasteiger partial charge in [0.2, 0.25) is 0 Å². The van der Waals surface area contributed by atoms with Crippen molar-refractivity contribution in [2.45, 2.75) is 19.1 Å².